The van der Waals surface area contributed by atoms with Crippen molar-refractivity contribution in [1.29, 1.82) is 0 Å². The van der Waals surface area contributed by atoms with Crippen molar-refractivity contribution in [3.05, 3.63) is 10.6 Å². The van der Waals surface area contributed by atoms with Crippen molar-refractivity contribution in [3.63, 3.8) is 0 Å². The number of halogens is 2. The Morgan fingerprint density at radius 1 is 1.73 bits per heavy atom. The van der Waals surface area contributed by atoms with E-state index in [1.54, 1.807) is 6.92 Å². The van der Waals surface area contributed by atoms with Crippen LogP contribution >= 0.6 is 12.2 Å². The van der Waals surface area contributed by atoms with E-state index >= 15 is 0 Å². The van der Waals surface area contributed by atoms with Gasteiger partial charge in [-0.15, -0.1) is 0 Å². The summed E-state index contributed by atoms with van der Waals surface area (Å²) in [6.45, 7) is 1.23. The van der Waals surface area contributed by atoms with E-state index in [9.17, 15) is 8.78 Å². The highest BCUT2D eigenvalue weighted by Crippen LogP contribution is 2.01. The summed E-state index contributed by atoms with van der Waals surface area (Å²) in [5.41, 5.74) is 0. The normalized spacial score (nSPS) is 10.9. The summed E-state index contributed by atoms with van der Waals surface area (Å²) in [7, 11) is 0. The molecule has 0 unspecified atom stereocenters. The van der Waals surface area contributed by atoms with Crippen LogP contribution in [-0.4, -0.2) is 21.2 Å². The molecular weight excluding hydrogens is 172 g/mol. The number of nitrogens with zero attached hydrogens (tertiary/aromatic N) is 2. The average Bonchev–Trinajstić information content (AvgIpc) is 2.18. The molecule has 0 amide bonds. The van der Waals surface area contributed by atoms with Gasteiger partial charge in [-0.2, -0.15) is 5.10 Å². The third-order valence-corrected chi connectivity index (χ3v) is 1.58. The maximum Gasteiger partial charge on any atom is 0.256 e. The number of aryl methyl sites for hydroxylation is 1. The minimum absolute atomic E-state index is 0.239. The Morgan fingerprint density at radius 2 is 2.36 bits per heavy atom. The Labute approximate surface area is 67.0 Å². The summed E-state index contributed by atoms with van der Waals surface area (Å²) in [6.07, 6.45) is -2.39. The van der Waals surface area contributed by atoms with Crippen LogP contribution in [0.5, 0.6) is 0 Å². The van der Waals surface area contributed by atoms with Crippen LogP contribution in [0.25, 0.3) is 0 Å². The van der Waals surface area contributed by atoms with Gasteiger partial charge >= 0.3 is 0 Å². The largest absolute Gasteiger partial charge is 0.299 e. The Hall–Kier alpha value is -0.780. The van der Waals surface area contributed by atoms with E-state index < -0.39 is 6.43 Å². The molecule has 0 saturated heterocycles. The second-order valence-electron chi connectivity index (χ2n) is 2.08. The molecule has 0 saturated carbocycles. The number of nitrogens with one attached hydrogen (secondary N) is 1. The number of H-pyrrole nitrogens is 1. The average molecular weight is 179 g/mol. The number of aromatic amines is 1. The van der Waals surface area contributed by atoms with Crippen molar-refractivity contribution in [2.24, 2.45) is 0 Å². The van der Waals surface area contributed by atoms with Gasteiger partial charge in [0.05, 0.1) is 6.54 Å². The van der Waals surface area contributed by atoms with Gasteiger partial charge in [-0.05, 0) is 19.1 Å². The molecule has 0 aliphatic rings. The molecule has 62 valence electrons. The maximum atomic E-state index is 11.8. The zero-order valence-electron chi connectivity index (χ0n) is 5.84. The zero-order valence-corrected chi connectivity index (χ0v) is 6.66. The quantitative estimate of drug-likeness (QED) is 0.698. The number of aromatic nitrogens is 3. The van der Waals surface area contributed by atoms with Crippen molar-refractivity contribution in [1.82, 2.24) is 14.8 Å². The van der Waals surface area contributed by atoms with Crippen molar-refractivity contribution >= 4 is 12.2 Å². The van der Waals surface area contributed by atoms with Crippen molar-refractivity contribution in [3.8, 4) is 0 Å². The molecule has 0 aromatic carbocycles. The predicted molar refractivity (Wildman–Crippen MR) is 38.2 cm³/mol. The van der Waals surface area contributed by atoms with Crippen LogP contribution < -0.4 is 0 Å². The Bertz CT molecular complexity index is 290. The second-order valence-corrected chi connectivity index (χ2v) is 2.46. The summed E-state index contributed by atoms with van der Waals surface area (Å²) in [6, 6.07) is 0. The van der Waals surface area contributed by atoms with Gasteiger partial charge in [-0.25, -0.2) is 8.78 Å². The molecule has 1 N–H and O–H groups in total. The van der Waals surface area contributed by atoms with E-state index in [2.05, 4.69) is 10.2 Å². The summed E-state index contributed by atoms with van der Waals surface area (Å²) >= 11 is 4.70. The lowest BCUT2D eigenvalue weighted by Crippen LogP contribution is -2.08. The lowest BCUT2D eigenvalue weighted by molar-refractivity contribution is 0.125. The lowest BCUT2D eigenvalue weighted by atomic mass is 10.6. The number of alkyl halides is 2. The van der Waals surface area contributed by atoms with Gasteiger partial charge < -0.3 is 0 Å². The van der Waals surface area contributed by atoms with Crippen LogP contribution in [0.3, 0.4) is 0 Å². The fraction of sp³-hybridized carbons (Fsp3) is 0.600. The van der Waals surface area contributed by atoms with Gasteiger partial charge in [0, 0.05) is 0 Å². The van der Waals surface area contributed by atoms with Gasteiger partial charge in [-0.1, -0.05) is 0 Å². The molecule has 1 heterocycles. The molecule has 0 atom stereocenters. The predicted octanol–water partition coefficient (Wildman–Crippen LogP) is 1.51. The lowest BCUT2D eigenvalue weighted by Gasteiger charge is -2.00. The van der Waals surface area contributed by atoms with Crippen LogP contribution in [0.2, 0.25) is 0 Å². The standard InChI is InChI=1S/C5H7F2N3S/c1-3-8-9-5(11)10(3)2-4(6)7/h4H,2H2,1H3,(H,9,11). The second kappa shape index (κ2) is 3.08. The molecule has 0 aliphatic heterocycles. The maximum absolute atomic E-state index is 11.8. The molecule has 3 nitrogen and oxygen atoms in total. The minimum Gasteiger partial charge on any atom is -0.299 e. The molecule has 0 radical (unpaired) electrons. The Balaban J connectivity index is 2.92. The van der Waals surface area contributed by atoms with E-state index in [1.807, 2.05) is 0 Å². The summed E-state index contributed by atoms with van der Waals surface area (Å²) in [5.74, 6) is 0.482. The van der Waals surface area contributed by atoms with Crippen LogP contribution in [-0.2, 0) is 6.54 Å². The monoisotopic (exact) mass is 179 g/mol. The van der Waals surface area contributed by atoms with Crippen LogP contribution in [0.15, 0.2) is 0 Å². The minimum atomic E-state index is -2.39. The molecule has 1 rings (SSSR count). The first-order valence-corrected chi connectivity index (χ1v) is 3.42. The third kappa shape index (κ3) is 1.83. The summed E-state index contributed by atoms with van der Waals surface area (Å²) in [5, 5.41) is 6.11. The van der Waals surface area contributed by atoms with Crippen molar-refractivity contribution in [2.45, 2.75) is 19.9 Å². The van der Waals surface area contributed by atoms with Gasteiger partial charge in [0.15, 0.2) is 4.77 Å². The Morgan fingerprint density at radius 3 is 2.73 bits per heavy atom. The van der Waals surface area contributed by atoms with Crippen LogP contribution in [0, 0.1) is 11.7 Å². The first-order valence-electron chi connectivity index (χ1n) is 3.01. The highest BCUT2D eigenvalue weighted by molar-refractivity contribution is 7.71. The van der Waals surface area contributed by atoms with E-state index in [0.29, 0.717) is 5.82 Å². The fourth-order valence-corrected chi connectivity index (χ4v) is 1.00. The van der Waals surface area contributed by atoms with Gasteiger partial charge in [0.1, 0.15) is 5.82 Å². The topological polar surface area (TPSA) is 33.6 Å². The van der Waals surface area contributed by atoms with E-state index in [-0.39, 0.29) is 11.3 Å². The van der Waals surface area contributed by atoms with Gasteiger partial charge in [-0.3, -0.25) is 9.67 Å². The molecule has 11 heavy (non-hydrogen) atoms. The van der Waals surface area contributed by atoms with E-state index in [0.717, 1.165) is 0 Å². The summed E-state index contributed by atoms with van der Waals surface area (Å²) in [4.78, 5) is 0. The van der Waals surface area contributed by atoms with Crippen molar-refractivity contribution < 1.29 is 8.78 Å². The highest BCUT2D eigenvalue weighted by atomic mass is 32.1. The SMILES string of the molecule is Cc1n[nH]c(=S)n1CC(F)F. The van der Waals surface area contributed by atoms with Gasteiger partial charge in [0.25, 0.3) is 6.43 Å². The fourth-order valence-electron chi connectivity index (χ4n) is 0.749. The third-order valence-electron chi connectivity index (χ3n) is 1.27. The Kier molecular flexibility index (Phi) is 2.33. The molecule has 0 aliphatic carbocycles. The first kappa shape index (κ1) is 8.32. The molecule has 0 spiro atoms. The molecule has 0 bridgehead atoms. The highest BCUT2D eigenvalue weighted by Gasteiger charge is 2.07. The van der Waals surface area contributed by atoms with E-state index in [4.69, 9.17) is 12.2 Å². The first-order chi connectivity index (χ1) is 5.11. The smallest absolute Gasteiger partial charge is 0.256 e. The number of rotatable bonds is 2. The number of hydrogen-bond donors (Lipinski definition) is 1. The van der Waals surface area contributed by atoms with Crippen LogP contribution in [0.1, 0.15) is 5.82 Å². The van der Waals surface area contributed by atoms with Gasteiger partial charge in [0.2, 0.25) is 0 Å². The number of hydrogen-bond acceptors (Lipinski definition) is 2. The summed E-state index contributed by atoms with van der Waals surface area (Å²) < 4.78 is 25.2. The van der Waals surface area contributed by atoms with Crippen molar-refractivity contribution in [2.75, 3.05) is 0 Å². The molecule has 1 aromatic rings. The molecular formula is C5H7F2N3S. The molecule has 1 aromatic heterocycles. The van der Waals surface area contributed by atoms with E-state index in [1.165, 1.54) is 4.57 Å². The zero-order chi connectivity index (χ0) is 8.43. The van der Waals surface area contributed by atoms with Crippen LogP contribution in [0.4, 0.5) is 8.78 Å². The molecule has 6 heteroatoms. The molecule has 0 fully saturated rings.